The van der Waals surface area contributed by atoms with Gasteiger partial charge in [0, 0.05) is 13.0 Å². The average molecular weight is 300 g/mol. The zero-order valence-electron chi connectivity index (χ0n) is 11.4. The molecule has 7 heteroatoms. The monoisotopic (exact) mass is 300 g/mol. The molecule has 1 amide bonds. The van der Waals surface area contributed by atoms with Gasteiger partial charge in [0.25, 0.3) is 0 Å². The highest BCUT2D eigenvalue weighted by atomic mass is 32.2. The second kappa shape index (κ2) is 7.37. The van der Waals surface area contributed by atoms with Crippen LogP contribution in [0.15, 0.2) is 29.2 Å². The summed E-state index contributed by atoms with van der Waals surface area (Å²) in [5.41, 5.74) is 5.54. The van der Waals surface area contributed by atoms with Crippen molar-refractivity contribution in [3.05, 3.63) is 29.8 Å². The van der Waals surface area contributed by atoms with Gasteiger partial charge in [-0.2, -0.15) is 0 Å². The van der Waals surface area contributed by atoms with Gasteiger partial charge in [-0.3, -0.25) is 4.79 Å². The third-order valence-electron chi connectivity index (χ3n) is 2.83. The molecule has 20 heavy (non-hydrogen) atoms. The van der Waals surface area contributed by atoms with E-state index in [0.717, 1.165) is 0 Å². The van der Waals surface area contributed by atoms with Crippen LogP contribution in [-0.2, 0) is 14.8 Å². The number of sulfonamides is 1. The van der Waals surface area contributed by atoms with Crippen LogP contribution in [0, 0.1) is 0 Å². The fraction of sp³-hybridized carbons (Fsp3) is 0.462. The Kier molecular flexibility index (Phi) is 6.12. The Balaban J connectivity index is 2.74. The van der Waals surface area contributed by atoms with E-state index in [2.05, 4.69) is 4.72 Å². The van der Waals surface area contributed by atoms with Crippen molar-refractivity contribution in [3.63, 3.8) is 0 Å². The van der Waals surface area contributed by atoms with Crippen LogP contribution in [0.3, 0.4) is 0 Å². The van der Waals surface area contributed by atoms with E-state index in [1.165, 1.54) is 12.1 Å². The first-order valence-electron chi connectivity index (χ1n) is 6.43. The number of hydrogen-bond donors (Lipinski definition) is 3. The third kappa shape index (κ3) is 4.92. The van der Waals surface area contributed by atoms with E-state index in [1.807, 2.05) is 6.92 Å². The Morgan fingerprint density at radius 3 is 2.75 bits per heavy atom. The molecule has 0 spiro atoms. The standard InChI is InChI=1S/C13H20N2O4S/c1-2-12(16)10-5-3-6-11(9-10)20(18,19)15-8-4-7-13(14)17/h3,5-6,9,12,15-16H,2,4,7-8H2,1H3,(H2,14,17). The smallest absolute Gasteiger partial charge is 0.240 e. The van der Waals surface area contributed by atoms with E-state index >= 15 is 0 Å². The number of aliphatic hydroxyl groups excluding tert-OH is 1. The molecule has 0 saturated carbocycles. The summed E-state index contributed by atoms with van der Waals surface area (Å²) in [7, 11) is -3.64. The molecule has 112 valence electrons. The van der Waals surface area contributed by atoms with E-state index in [9.17, 15) is 18.3 Å². The summed E-state index contributed by atoms with van der Waals surface area (Å²) in [5.74, 6) is -0.461. The van der Waals surface area contributed by atoms with Gasteiger partial charge in [-0.05, 0) is 30.5 Å². The molecular formula is C13H20N2O4S. The second-order valence-electron chi connectivity index (χ2n) is 4.46. The van der Waals surface area contributed by atoms with Gasteiger partial charge in [0.05, 0.1) is 11.0 Å². The lowest BCUT2D eigenvalue weighted by molar-refractivity contribution is -0.118. The van der Waals surface area contributed by atoms with Crippen molar-refractivity contribution in [3.8, 4) is 0 Å². The normalized spacial score (nSPS) is 13.1. The van der Waals surface area contributed by atoms with Crippen molar-refractivity contribution in [2.24, 2.45) is 5.73 Å². The Morgan fingerprint density at radius 1 is 1.45 bits per heavy atom. The van der Waals surface area contributed by atoms with Crippen LogP contribution in [0.1, 0.15) is 37.9 Å². The van der Waals surface area contributed by atoms with Crippen molar-refractivity contribution >= 4 is 15.9 Å². The fourth-order valence-corrected chi connectivity index (χ4v) is 2.81. The summed E-state index contributed by atoms with van der Waals surface area (Å²) in [5, 5.41) is 9.73. The van der Waals surface area contributed by atoms with Gasteiger partial charge >= 0.3 is 0 Å². The average Bonchev–Trinajstić information content (AvgIpc) is 2.42. The highest BCUT2D eigenvalue weighted by Gasteiger charge is 2.15. The van der Waals surface area contributed by atoms with Crippen LogP contribution in [0.25, 0.3) is 0 Å². The number of hydrogen-bond acceptors (Lipinski definition) is 4. The lowest BCUT2D eigenvalue weighted by atomic mass is 10.1. The maximum Gasteiger partial charge on any atom is 0.240 e. The molecule has 0 radical (unpaired) electrons. The Hall–Kier alpha value is -1.44. The minimum atomic E-state index is -3.64. The quantitative estimate of drug-likeness (QED) is 0.613. The highest BCUT2D eigenvalue weighted by Crippen LogP contribution is 2.19. The largest absolute Gasteiger partial charge is 0.388 e. The molecule has 4 N–H and O–H groups in total. The van der Waals surface area contributed by atoms with Gasteiger partial charge in [0.15, 0.2) is 0 Å². The lowest BCUT2D eigenvalue weighted by Gasteiger charge is -2.11. The number of primary amides is 1. The SMILES string of the molecule is CCC(O)c1cccc(S(=O)(=O)NCCCC(N)=O)c1. The van der Waals surface area contributed by atoms with Crippen molar-refractivity contribution in [2.45, 2.75) is 37.2 Å². The van der Waals surface area contributed by atoms with Crippen molar-refractivity contribution in [1.82, 2.24) is 4.72 Å². The number of rotatable bonds is 8. The predicted octanol–water partition coefficient (Wildman–Crippen LogP) is 0.674. The molecule has 0 aliphatic rings. The van der Waals surface area contributed by atoms with E-state index < -0.39 is 22.0 Å². The summed E-state index contributed by atoms with van der Waals surface area (Å²) in [6, 6.07) is 6.18. The van der Waals surface area contributed by atoms with E-state index in [4.69, 9.17) is 5.73 Å². The predicted molar refractivity (Wildman–Crippen MR) is 75.3 cm³/mol. The summed E-state index contributed by atoms with van der Waals surface area (Å²) < 4.78 is 26.5. The molecule has 0 aliphatic heterocycles. The van der Waals surface area contributed by atoms with Crippen molar-refractivity contribution < 1.29 is 18.3 Å². The Labute approximate surface area is 119 Å². The number of carbonyl (C=O) groups excluding carboxylic acids is 1. The maximum atomic E-state index is 12.0. The van der Waals surface area contributed by atoms with Gasteiger partial charge in [-0.25, -0.2) is 13.1 Å². The summed E-state index contributed by atoms with van der Waals surface area (Å²) in [6.45, 7) is 1.96. The molecule has 0 heterocycles. The second-order valence-corrected chi connectivity index (χ2v) is 6.23. The van der Waals surface area contributed by atoms with Gasteiger partial charge in [0.1, 0.15) is 0 Å². The van der Waals surface area contributed by atoms with Crippen molar-refractivity contribution in [1.29, 1.82) is 0 Å². The molecule has 1 aromatic rings. The first-order valence-corrected chi connectivity index (χ1v) is 7.91. The molecule has 1 unspecified atom stereocenters. The van der Waals surface area contributed by atoms with Gasteiger partial charge in [-0.15, -0.1) is 0 Å². The highest BCUT2D eigenvalue weighted by molar-refractivity contribution is 7.89. The molecule has 0 aromatic heterocycles. The molecule has 1 rings (SSSR count). The first-order chi connectivity index (χ1) is 9.36. The van der Waals surface area contributed by atoms with Crippen LogP contribution in [0.5, 0.6) is 0 Å². The van der Waals surface area contributed by atoms with Crippen LogP contribution < -0.4 is 10.5 Å². The van der Waals surface area contributed by atoms with Crippen LogP contribution in [0.4, 0.5) is 0 Å². The molecule has 1 aromatic carbocycles. The minimum Gasteiger partial charge on any atom is -0.388 e. The summed E-state index contributed by atoms with van der Waals surface area (Å²) in [6.07, 6.45) is 0.318. The number of benzene rings is 1. The van der Waals surface area contributed by atoms with E-state index in [0.29, 0.717) is 18.4 Å². The van der Waals surface area contributed by atoms with Crippen LogP contribution in [-0.4, -0.2) is 26.0 Å². The van der Waals surface area contributed by atoms with Gasteiger partial charge < -0.3 is 10.8 Å². The van der Waals surface area contributed by atoms with Gasteiger partial charge in [0.2, 0.25) is 15.9 Å². The summed E-state index contributed by atoms with van der Waals surface area (Å²) >= 11 is 0. The number of amides is 1. The number of carbonyl (C=O) groups is 1. The van der Waals surface area contributed by atoms with E-state index in [-0.39, 0.29) is 17.9 Å². The molecule has 0 bridgehead atoms. The Morgan fingerprint density at radius 2 is 2.15 bits per heavy atom. The maximum absolute atomic E-state index is 12.0. The molecular weight excluding hydrogens is 280 g/mol. The van der Waals surface area contributed by atoms with Crippen LogP contribution >= 0.6 is 0 Å². The molecule has 1 atom stereocenters. The van der Waals surface area contributed by atoms with Crippen LogP contribution in [0.2, 0.25) is 0 Å². The van der Waals surface area contributed by atoms with Crippen molar-refractivity contribution in [2.75, 3.05) is 6.54 Å². The van der Waals surface area contributed by atoms with E-state index in [1.54, 1.807) is 12.1 Å². The van der Waals surface area contributed by atoms with Gasteiger partial charge in [-0.1, -0.05) is 19.1 Å². The molecule has 0 aliphatic carbocycles. The zero-order valence-corrected chi connectivity index (χ0v) is 12.2. The number of nitrogens with one attached hydrogen (secondary N) is 1. The Bertz CT molecular complexity index is 557. The first kappa shape index (κ1) is 16.6. The zero-order chi connectivity index (χ0) is 15.2. The molecule has 0 saturated heterocycles. The fourth-order valence-electron chi connectivity index (χ4n) is 1.68. The number of nitrogens with two attached hydrogens (primary N) is 1. The molecule has 0 fully saturated rings. The minimum absolute atomic E-state index is 0.0987. The topological polar surface area (TPSA) is 109 Å². The lowest BCUT2D eigenvalue weighted by Crippen LogP contribution is -2.26. The summed E-state index contributed by atoms with van der Waals surface area (Å²) in [4.78, 5) is 10.7. The third-order valence-corrected chi connectivity index (χ3v) is 4.29. The molecule has 6 nitrogen and oxygen atoms in total. The number of aliphatic hydroxyl groups is 1.